The number of hydrogen-bond donors (Lipinski definition) is 2. The molecule has 0 saturated carbocycles. The van der Waals surface area contributed by atoms with Crippen LogP contribution in [-0.4, -0.2) is 97.6 Å². The standard InChI is InChI=1S/C30H31F4N9O3/c1-16-9-19(20(31)11-37-16)29(45)42-13-21(32)22(14-42)40-27(44)24-18(3-6-36-28(24)46-2)23-10-17(25-26(35)38-15-39-43(23)25)12-41-7-4-30(33,34)5-8-41/h3,6,9-11,15,21-22H,4-5,7-8,12-14H2,1-2H3,(H,40,44)(H2,35,38,39)/t21-,22+/m0/s1. The fraction of sp³-hybridized carbons (Fsp3) is 0.400. The minimum Gasteiger partial charge on any atom is -0.480 e. The van der Waals surface area contributed by atoms with Crippen molar-refractivity contribution in [1.82, 2.24) is 39.7 Å². The molecular formula is C30H31F4N9O3. The number of ether oxygens (including phenoxy) is 1. The molecule has 2 fully saturated rings. The molecule has 0 aliphatic carbocycles. The van der Waals surface area contributed by atoms with Crippen LogP contribution >= 0.6 is 0 Å². The van der Waals surface area contributed by atoms with E-state index < -0.39 is 35.8 Å². The predicted molar refractivity (Wildman–Crippen MR) is 158 cm³/mol. The highest BCUT2D eigenvalue weighted by Crippen LogP contribution is 2.35. The van der Waals surface area contributed by atoms with E-state index in [9.17, 15) is 22.8 Å². The van der Waals surface area contributed by atoms with Gasteiger partial charge in [0.1, 0.15) is 23.6 Å². The number of fused-ring (bicyclic) bond motifs is 1. The van der Waals surface area contributed by atoms with Crippen molar-refractivity contribution in [2.24, 2.45) is 0 Å². The highest BCUT2D eigenvalue weighted by atomic mass is 19.3. The van der Waals surface area contributed by atoms with Gasteiger partial charge in [0.05, 0.1) is 37.2 Å². The number of nitrogens with zero attached hydrogens (tertiary/aromatic N) is 7. The Morgan fingerprint density at radius 1 is 1.15 bits per heavy atom. The van der Waals surface area contributed by atoms with Gasteiger partial charge in [-0.25, -0.2) is 32.0 Å². The summed E-state index contributed by atoms with van der Waals surface area (Å²) in [4.78, 5) is 42.0. The third kappa shape index (κ3) is 5.91. The van der Waals surface area contributed by atoms with Gasteiger partial charge in [-0.3, -0.25) is 19.5 Å². The molecule has 2 aliphatic heterocycles. The van der Waals surface area contributed by atoms with Crippen molar-refractivity contribution in [3.05, 3.63) is 65.1 Å². The van der Waals surface area contributed by atoms with Gasteiger partial charge in [-0.15, -0.1) is 0 Å². The second kappa shape index (κ2) is 12.2. The zero-order valence-electron chi connectivity index (χ0n) is 25.0. The fourth-order valence-electron chi connectivity index (χ4n) is 5.95. The maximum atomic E-state index is 15.3. The molecule has 4 aromatic rings. The Kier molecular flexibility index (Phi) is 8.22. The second-order valence-electron chi connectivity index (χ2n) is 11.4. The first kappa shape index (κ1) is 31.1. The number of likely N-dealkylation sites (tertiary alicyclic amines) is 2. The molecule has 12 nitrogen and oxygen atoms in total. The van der Waals surface area contributed by atoms with E-state index in [0.29, 0.717) is 28.0 Å². The quantitative estimate of drug-likeness (QED) is 0.291. The number of aromatic nitrogens is 5. The molecule has 6 heterocycles. The number of methoxy groups -OCH3 is 1. The first-order valence-corrected chi connectivity index (χ1v) is 14.6. The SMILES string of the molecule is COc1nccc(-c2cc(CN3CCC(F)(F)CC3)c3c(N)ncnn23)c1C(=O)N[C@@H]1CN(C(=O)c2cc(C)ncc2F)C[C@@H]1F. The molecular weight excluding hydrogens is 610 g/mol. The number of nitrogens with one attached hydrogen (secondary N) is 1. The number of amides is 2. The van der Waals surface area contributed by atoms with Crippen molar-refractivity contribution in [2.75, 3.05) is 39.0 Å². The van der Waals surface area contributed by atoms with Gasteiger partial charge in [-0.1, -0.05) is 0 Å². The van der Waals surface area contributed by atoms with Gasteiger partial charge in [-0.05, 0) is 30.7 Å². The Morgan fingerprint density at radius 3 is 2.65 bits per heavy atom. The summed E-state index contributed by atoms with van der Waals surface area (Å²) in [6.45, 7) is 1.69. The Labute approximate surface area is 260 Å². The highest BCUT2D eigenvalue weighted by molar-refractivity contribution is 6.03. The largest absolute Gasteiger partial charge is 0.480 e. The molecule has 6 rings (SSSR count). The number of anilines is 1. The van der Waals surface area contributed by atoms with E-state index in [0.717, 1.165) is 11.1 Å². The van der Waals surface area contributed by atoms with Gasteiger partial charge in [-0.2, -0.15) is 5.10 Å². The van der Waals surface area contributed by atoms with Gasteiger partial charge >= 0.3 is 0 Å². The molecule has 0 spiro atoms. The lowest BCUT2D eigenvalue weighted by molar-refractivity contribution is -0.0565. The van der Waals surface area contributed by atoms with Gasteiger partial charge in [0.15, 0.2) is 11.6 Å². The van der Waals surface area contributed by atoms with Crippen molar-refractivity contribution >= 4 is 23.1 Å². The summed E-state index contributed by atoms with van der Waals surface area (Å²) >= 11 is 0. The van der Waals surface area contributed by atoms with Gasteiger partial charge in [0.2, 0.25) is 5.88 Å². The van der Waals surface area contributed by atoms with Crippen LogP contribution in [-0.2, 0) is 6.54 Å². The smallest absolute Gasteiger partial charge is 0.257 e. The summed E-state index contributed by atoms with van der Waals surface area (Å²) in [5.41, 5.74) is 8.25. The molecule has 16 heteroatoms. The molecule has 2 aliphatic rings. The van der Waals surface area contributed by atoms with Crippen LogP contribution in [0.5, 0.6) is 5.88 Å². The first-order valence-electron chi connectivity index (χ1n) is 14.6. The third-order valence-corrected chi connectivity index (χ3v) is 8.33. The van der Waals surface area contributed by atoms with Crippen LogP contribution in [0, 0.1) is 12.7 Å². The van der Waals surface area contributed by atoms with E-state index in [1.165, 1.54) is 30.2 Å². The van der Waals surface area contributed by atoms with Crippen LogP contribution in [0.15, 0.2) is 36.9 Å². The van der Waals surface area contributed by atoms with Crippen LogP contribution in [0.1, 0.15) is 44.8 Å². The normalized spacial score (nSPS) is 19.8. The zero-order valence-corrected chi connectivity index (χ0v) is 25.0. The summed E-state index contributed by atoms with van der Waals surface area (Å²) in [6.07, 6.45) is 1.44. The molecule has 3 N–H and O–H groups in total. The number of alkyl halides is 3. The number of rotatable bonds is 7. The van der Waals surface area contributed by atoms with Crippen LogP contribution < -0.4 is 15.8 Å². The maximum Gasteiger partial charge on any atom is 0.257 e. The number of nitrogens with two attached hydrogens (primary N) is 1. The molecule has 242 valence electrons. The van der Waals surface area contributed by atoms with Crippen LogP contribution in [0.3, 0.4) is 0 Å². The zero-order chi connectivity index (χ0) is 32.7. The minimum atomic E-state index is -2.71. The van der Waals surface area contributed by atoms with Gasteiger partial charge < -0.3 is 20.7 Å². The number of carbonyl (C=O) groups is 2. The van der Waals surface area contributed by atoms with E-state index in [2.05, 4.69) is 25.4 Å². The van der Waals surface area contributed by atoms with E-state index >= 15 is 4.39 Å². The van der Waals surface area contributed by atoms with Crippen molar-refractivity contribution in [2.45, 2.75) is 44.4 Å². The number of pyridine rings is 2. The number of nitrogen functional groups attached to an aromatic ring is 1. The monoisotopic (exact) mass is 641 g/mol. The fourth-order valence-corrected chi connectivity index (χ4v) is 5.95. The third-order valence-electron chi connectivity index (χ3n) is 8.33. The molecule has 0 radical (unpaired) electrons. The van der Waals surface area contributed by atoms with Crippen LogP contribution in [0.4, 0.5) is 23.4 Å². The summed E-state index contributed by atoms with van der Waals surface area (Å²) in [5, 5.41) is 7.00. The molecule has 2 atom stereocenters. The lowest BCUT2D eigenvalue weighted by Crippen LogP contribution is -2.42. The summed E-state index contributed by atoms with van der Waals surface area (Å²) in [5.74, 6) is -4.89. The van der Waals surface area contributed by atoms with Crippen molar-refractivity contribution < 1.29 is 31.9 Å². The number of halogens is 4. The minimum absolute atomic E-state index is 0.0291. The van der Waals surface area contributed by atoms with E-state index in [4.69, 9.17) is 10.5 Å². The lowest BCUT2D eigenvalue weighted by Gasteiger charge is -2.31. The average Bonchev–Trinajstić information content (AvgIpc) is 3.59. The van der Waals surface area contributed by atoms with E-state index in [1.807, 2.05) is 4.90 Å². The van der Waals surface area contributed by atoms with Gasteiger partial charge in [0.25, 0.3) is 17.7 Å². The van der Waals surface area contributed by atoms with Crippen LogP contribution in [0.2, 0.25) is 0 Å². The Bertz CT molecular complexity index is 1810. The van der Waals surface area contributed by atoms with Crippen molar-refractivity contribution in [3.63, 3.8) is 0 Å². The van der Waals surface area contributed by atoms with E-state index in [-0.39, 0.29) is 68.4 Å². The maximum absolute atomic E-state index is 15.3. The van der Waals surface area contributed by atoms with Crippen molar-refractivity contribution in [1.29, 1.82) is 0 Å². The first-order chi connectivity index (χ1) is 22.0. The molecule has 2 amide bonds. The average molecular weight is 642 g/mol. The number of carbonyl (C=O) groups excluding carboxylic acids is 2. The number of piperidine rings is 1. The van der Waals surface area contributed by atoms with E-state index in [1.54, 1.807) is 19.1 Å². The molecule has 0 unspecified atom stereocenters. The Balaban J connectivity index is 1.30. The summed E-state index contributed by atoms with van der Waals surface area (Å²) in [6, 6.07) is 3.48. The molecule has 2 saturated heterocycles. The van der Waals surface area contributed by atoms with Crippen molar-refractivity contribution in [3.8, 4) is 17.1 Å². The Hall–Kier alpha value is -4.86. The lowest BCUT2D eigenvalue weighted by atomic mass is 10.0. The van der Waals surface area contributed by atoms with Crippen LogP contribution in [0.25, 0.3) is 16.8 Å². The predicted octanol–water partition coefficient (Wildman–Crippen LogP) is 3.05. The molecule has 4 aromatic heterocycles. The molecule has 0 bridgehead atoms. The number of hydrogen-bond acceptors (Lipinski definition) is 9. The molecule has 46 heavy (non-hydrogen) atoms. The topological polar surface area (TPSA) is 144 Å². The summed E-state index contributed by atoms with van der Waals surface area (Å²) < 4.78 is 64.1. The Morgan fingerprint density at radius 2 is 1.91 bits per heavy atom. The molecule has 0 aromatic carbocycles. The van der Waals surface area contributed by atoms with Gasteiger partial charge in [0, 0.05) is 56.5 Å². The number of aryl methyl sites for hydroxylation is 1. The summed E-state index contributed by atoms with van der Waals surface area (Å²) in [7, 11) is 1.33. The highest BCUT2D eigenvalue weighted by Gasteiger charge is 2.39. The second-order valence-corrected chi connectivity index (χ2v) is 11.4.